The van der Waals surface area contributed by atoms with Gasteiger partial charge in [-0.1, -0.05) is 52.0 Å². The van der Waals surface area contributed by atoms with Crippen LogP contribution in [0.1, 0.15) is 50.8 Å². The second-order valence-electron chi connectivity index (χ2n) is 8.21. The molecular formula is C22H28N2O3S. The van der Waals surface area contributed by atoms with Gasteiger partial charge in [-0.2, -0.15) is 0 Å². The Bertz CT molecular complexity index is 974. The number of fused-ring (bicyclic) bond motifs is 1. The van der Waals surface area contributed by atoms with Gasteiger partial charge in [0.25, 0.3) is 0 Å². The largest absolute Gasteiger partial charge is 0.312 e. The van der Waals surface area contributed by atoms with Gasteiger partial charge in [-0.05, 0) is 46.7 Å². The highest BCUT2D eigenvalue weighted by Gasteiger charge is 2.24. The first-order valence-corrected chi connectivity index (χ1v) is 11.1. The van der Waals surface area contributed by atoms with Crippen molar-refractivity contribution in [2.24, 2.45) is 0 Å². The summed E-state index contributed by atoms with van der Waals surface area (Å²) in [6.45, 7) is 9.06. The van der Waals surface area contributed by atoms with Gasteiger partial charge >= 0.3 is 0 Å². The number of carbonyl (C=O) groups excluding carboxylic acids is 1. The summed E-state index contributed by atoms with van der Waals surface area (Å²) < 4.78 is 27.9. The molecule has 0 saturated heterocycles. The average molecular weight is 401 g/mol. The van der Waals surface area contributed by atoms with Crippen LogP contribution in [0.4, 0.5) is 5.69 Å². The van der Waals surface area contributed by atoms with Crippen molar-refractivity contribution in [3.8, 4) is 0 Å². The van der Waals surface area contributed by atoms with Crippen molar-refractivity contribution in [2.45, 2.75) is 57.4 Å². The molecule has 0 aliphatic carbocycles. The molecule has 1 aliphatic rings. The molecule has 6 heteroatoms. The van der Waals surface area contributed by atoms with Crippen LogP contribution in [0.2, 0.25) is 0 Å². The van der Waals surface area contributed by atoms with E-state index in [4.69, 9.17) is 0 Å². The molecule has 0 unspecified atom stereocenters. The van der Waals surface area contributed by atoms with Crippen molar-refractivity contribution in [2.75, 3.05) is 11.4 Å². The van der Waals surface area contributed by atoms with E-state index in [1.165, 1.54) is 0 Å². The summed E-state index contributed by atoms with van der Waals surface area (Å²) in [6, 6.07) is 12.8. The van der Waals surface area contributed by atoms with E-state index in [0.717, 1.165) is 28.8 Å². The van der Waals surface area contributed by atoms with Crippen LogP contribution in [0.15, 0.2) is 47.4 Å². The number of anilines is 1. The van der Waals surface area contributed by atoms with Gasteiger partial charge < -0.3 is 4.90 Å². The number of hydrogen-bond acceptors (Lipinski definition) is 3. The molecule has 0 aromatic heterocycles. The van der Waals surface area contributed by atoms with Gasteiger partial charge in [-0.25, -0.2) is 13.1 Å². The molecule has 150 valence electrons. The fourth-order valence-corrected chi connectivity index (χ4v) is 4.43. The van der Waals surface area contributed by atoms with Gasteiger partial charge in [0.15, 0.2) is 0 Å². The molecule has 3 rings (SSSR count). The molecule has 1 N–H and O–H groups in total. The molecule has 2 aromatic rings. The molecule has 1 aliphatic heterocycles. The minimum atomic E-state index is -3.58. The normalized spacial score (nSPS) is 14.2. The van der Waals surface area contributed by atoms with E-state index >= 15 is 0 Å². The Labute approximate surface area is 167 Å². The standard InChI is InChI=1S/C22H28N2O3S/c1-5-21(25)24-13-12-17-14-16(6-11-20(17)24)15-23-28(26,27)19-9-7-18(8-10-19)22(2,3)4/h6-11,14,23H,5,12-13,15H2,1-4H3. The van der Waals surface area contributed by atoms with Crippen molar-refractivity contribution in [1.82, 2.24) is 4.72 Å². The van der Waals surface area contributed by atoms with Gasteiger partial charge in [0, 0.05) is 25.2 Å². The van der Waals surface area contributed by atoms with E-state index in [-0.39, 0.29) is 22.8 Å². The van der Waals surface area contributed by atoms with E-state index in [1.807, 2.05) is 37.3 Å². The van der Waals surface area contributed by atoms with Crippen LogP contribution in [-0.2, 0) is 33.2 Å². The van der Waals surface area contributed by atoms with Gasteiger partial charge in [0.1, 0.15) is 0 Å². The highest BCUT2D eigenvalue weighted by atomic mass is 32.2. The van der Waals surface area contributed by atoms with E-state index in [2.05, 4.69) is 25.5 Å². The number of benzene rings is 2. The highest BCUT2D eigenvalue weighted by molar-refractivity contribution is 7.89. The SMILES string of the molecule is CCC(=O)N1CCc2cc(CNS(=O)(=O)c3ccc(C(C)(C)C)cc3)ccc21. The fraction of sp³-hybridized carbons (Fsp3) is 0.409. The number of amides is 1. The quantitative estimate of drug-likeness (QED) is 0.831. The maximum Gasteiger partial charge on any atom is 0.240 e. The van der Waals surface area contributed by atoms with Gasteiger partial charge in [-0.3, -0.25) is 4.79 Å². The fourth-order valence-electron chi connectivity index (χ4n) is 3.41. The van der Waals surface area contributed by atoms with Crippen molar-refractivity contribution < 1.29 is 13.2 Å². The van der Waals surface area contributed by atoms with Crippen molar-refractivity contribution in [1.29, 1.82) is 0 Å². The lowest BCUT2D eigenvalue weighted by Gasteiger charge is -2.19. The third-order valence-electron chi connectivity index (χ3n) is 5.14. The van der Waals surface area contributed by atoms with Crippen LogP contribution in [0, 0.1) is 0 Å². The lowest BCUT2D eigenvalue weighted by Crippen LogP contribution is -2.27. The molecule has 1 heterocycles. The third-order valence-corrected chi connectivity index (χ3v) is 6.56. The predicted molar refractivity (Wildman–Crippen MR) is 112 cm³/mol. The number of rotatable bonds is 5. The minimum Gasteiger partial charge on any atom is -0.312 e. The van der Waals surface area contributed by atoms with Crippen LogP contribution in [0.5, 0.6) is 0 Å². The monoisotopic (exact) mass is 400 g/mol. The maximum atomic E-state index is 12.6. The molecule has 0 radical (unpaired) electrons. The lowest BCUT2D eigenvalue weighted by molar-refractivity contribution is -0.118. The second kappa shape index (κ2) is 7.68. The minimum absolute atomic E-state index is 0.0207. The highest BCUT2D eigenvalue weighted by Crippen LogP contribution is 2.29. The first-order valence-electron chi connectivity index (χ1n) is 9.64. The van der Waals surface area contributed by atoms with E-state index < -0.39 is 10.0 Å². The van der Waals surface area contributed by atoms with Crippen LogP contribution in [0.25, 0.3) is 0 Å². The summed E-state index contributed by atoms with van der Waals surface area (Å²) in [5.41, 5.74) is 3.99. The number of nitrogens with zero attached hydrogens (tertiary/aromatic N) is 1. The molecule has 0 saturated carbocycles. The Morgan fingerprint density at radius 2 is 1.79 bits per heavy atom. The zero-order chi connectivity index (χ0) is 20.5. The Balaban J connectivity index is 1.71. The predicted octanol–water partition coefficient (Wildman–Crippen LogP) is 3.76. The molecule has 5 nitrogen and oxygen atoms in total. The molecule has 2 aromatic carbocycles. The topological polar surface area (TPSA) is 66.5 Å². The third kappa shape index (κ3) is 4.28. The van der Waals surface area contributed by atoms with Gasteiger partial charge in [-0.15, -0.1) is 0 Å². The van der Waals surface area contributed by atoms with E-state index in [9.17, 15) is 13.2 Å². The van der Waals surface area contributed by atoms with Crippen molar-refractivity contribution in [3.63, 3.8) is 0 Å². The van der Waals surface area contributed by atoms with Gasteiger partial charge in [0.05, 0.1) is 4.90 Å². The van der Waals surface area contributed by atoms with Gasteiger partial charge in [0.2, 0.25) is 15.9 Å². The van der Waals surface area contributed by atoms with Crippen LogP contribution < -0.4 is 9.62 Å². The van der Waals surface area contributed by atoms with Crippen LogP contribution in [0.3, 0.4) is 0 Å². The lowest BCUT2D eigenvalue weighted by atomic mass is 9.87. The van der Waals surface area contributed by atoms with Crippen LogP contribution >= 0.6 is 0 Å². The first-order chi connectivity index (χ1) is 13.1. The molecule has 0 spiro atoms. The summed E-state index contributed by atoms with van der Waals surface area (Å²) in [5.74, 6) is 0.117. The maximum absolute atomic E-state index is 12.6. The Morgan fingerprint density at radius 1 is 1.11 bits per heavy atom. The zero-order valence-electron chi connectivity index (χ0n) is 17.0. The zero-order valence-corrected chi connectivity index (χ0v) is 17.8. The summed E-state index contributed by atoms with van der Waals surface area (Å²) in [7, 11) is -3.58. The molecule has 0 fully saturated rings. The number of carbonyl (C=O) groups is 1. The Kier molecular flexibility index (Phi) is 5.64. The summed E-state index contributed by atoms with van der Waals surface area (Å²) in [5, 5.41) is 0. The van der Waals surface area contributed by atoms with E-state index in [0.29, 0.717) is 13.0 Å². The second-order valence-corrected chi connectivity index (χ2v) is 9.98. The summed E-state index contributed by atoms with van der Waals surface area (Å²) in [6.07, 6.45) is 1.28. The molecular weight excluding hydrogens is 372 g/mol. The molecule has 0 bridgehead atoms. The molecule has 1 amide bonds. The Hall–Kier alpha value is -2.18. The number of sulfonamides is 1. The first kappa shape index (κ1) is 20.6. The van der Waals surface area contributed by atoms with Crippen molar-refractivity contribution in [3.05, 3.63) is 59.2 Å². The molecule has 28 heavy (non-hydrogen) atoms. The van der Waals surface area contributed by atoms with E-state index in [1.54, 1.807) is 17.0 Å². The summed E-state index contributed by atoms with van der Waals surface area (Å²) in [4.78, 5) is 14.1. The number of nitrogens with one attached hydrogen (secondary N) is 1. The average Bonchev–Trinajstić information content (AvgIpc) is 3.08. The smallest absolute Gasteiger partial charge is 0.240 e. The van der Waals surface area contributed by atoms with Crippen LogP contribution in [-0.4, -0.2) is 20.9 Å². The molecule has 0 atom stereocenters. The summed E-state index contributed by atoms with van der Waals surface area (Å²) >= 11 is 0. The Morgan fingerprint density at radius 3 is 2.39 bits per heavy atom. The van der Waals surface area contributed by atoms with Crippen molar-refractivity contribution >= 4 is 21.6 Å². The number of hydrogen-bond donors (Lipinski definition) is 1.